The largest absolute Gasteiger partial charge is 0.495 e. The lowest BCUT2D eigenvalue weighted by Gasteiger charge is -2.40. The normalized spacial score (nSPS) is 23.5. The molecule has 0 bridgehead atoms. The molecule has 106 valence electrons. The van der Waals surface area contributed by atoms with Crippen LogP contribution in [0.15, 0.2) is 22.7 Å². The van der Waals surface area contributed by atoms with Gasteiger partial charge in [0.25, 0.3) is 0 Å². The number of ether oxygens (including phenoxy) is 1. The number of hydrogen-bond acceptors (Lipinski definition) is 3. The Morgan fingerprint density at radius 3 is 2.95 bits per heavy atom. The van der Waals surface area contributed by atoms with Gasteiger partial charge in [0.15, 0.2) is 0 Å². The molecule has 1 aromatic rings. The number of nitrogens with one attached hydrogen (secondary N) is 1. The number of piperazine rings is 1. The first-order chi connectivity index (χ1) is 9.15. The van der Waals surface area contributed by atoms with Crippen LogP contribution in [0.5, 0.6) is 5.75 Å². The molecule has 0 amide bonds. The first kappa shape index (κ1) is 14.7. The van der Waals surface area contributed by atoms with Crippen molar-refractivity contribution in [3.05, 3.63) is 22.7 Å². The predicted molar refractivity (Wildman–Crippen MR) is 84.2 cm³/mol. The van der Waals surface area contributed by atoms with Crippen LogP contribution in [-0.4, -0.2) is 32.3 Å². The number of halogens is 1. The number of methoxy groups -OCH3 is 1. The topological polar surface area (TPSA) is 24.5 Å². The van der Waals surface area contributed by atoms with Crippen LogP contribution in [0.3, 0.4) is 0 Å². The van der Waals surface area contributed by atoms with Gasteiger partial charge in [-0.1, -0.05) is 13.3 Å². The lowest BCUT2D eigenvalue weighted by Crippen LogP contribution is -2.55. The number of hydrogen-bond donors (Lipinski definition) is 1. The molecule has 19 heavy (non-hydrogen) atoms. The van der Waals surface area contributed by atoms with Crippen molar-refractivity contribution in [2.24, 2.45) is 0 Å². The smallest absolute Gasteiger partial charge is 0.135 e. The zero-order valence-corrected chi connectivity index (χ0v) is 13.5. The molecule has 1 aliphatic heterocycles. The lowest BCUT2D eigenvalue weighted by atomic mass is 10.0. The maximum atomic E-state index is 5.40. The first-order valence-corrected chi connectivity index (χ1v) is 7.78. The zero-order chi connectivity index (χ0) is 13.8. The summed E-state index contributed by atoms with van der Waals surface area (Å²) in [5.41, 5.74) is 1.25. The van der Waals surface area contributed by atoms with Gasteiger partial charge in [0.05, 0.1) is 11.6 Å². The molecule has 1 aromatic carbocycles. The Morgan fingerprint density at radius 2 is 2.26 bits per heavy atom. The molecule has 1 saturated heterocycles. The molecule has 1 fully saturated rings. The Bertz CT molecular complexity index is 425. The molecule has 0 radical (unpaired) electrons. The monoisotopic (exact) mass is 326 g/mol. The van der Waals surface area contributed by atoms with Crippen LogP contribution in [-0.2, 0) is 0 Å². The standard InChI is InChI=1S/C15H23BrN2O/c1-4-5-12-10-18(11(2)9-17-12)13-6-7-14(16)15(8-13)19-3/h6-8,11-12,17H,4-5,9-10H2,1-3H3. The minimum atomic E-state index is 0.513. The average molecular weight is 327 g/mol. The Hall–Kier alpha value is -0.740. The Morgan fingerprint density at radius 1 is 1.47 bits per heavy atom. The van der Waals surface area contributed by atoms with Crippen molar-refractivity contribution in [2.75, 3.05) is 25.1 Å². The molecule has 0 aromatic heterocycles. The molecule has 0 saturated carbocycles. The van der Waals surface area contributed by atoms with Crippen LogP contribution < -0.4 is 15.0 Å². The molecular weight excluding hydrogens is 304 g/mol. The van der Waals surface area contributed by atoms with Crippen LogP contribution in [0.1, 0.15) is 26.7 Å². The highest BCUT2D eigenvalue weighted by molar-refractivity contribution is 9.10. The lowest BCUT2D eigenvalue weighted by molar-refractivity contribution is 0.384. The molecule has 1 aliphatic rings. The van der Waals surface area contributed by atoms with E-state index in [1.54, 1.807) is 7.11 Å². The van der Waals surface area contributed by atoms with Crippen molar-refractivity contribution in [1.82, 2.24) is 5.32 Å². The first-order valence-electron chi connectivity index (χ1n) is 6.99. The van der Waals surface area contributed by atoms with E-state index in [-0.39, 0.29) is 0 Å². The molecule has 2 rings (SSSR count). The fraction of sp³-hybridized carbons (Fsp3) is 0.600. The van der Waals surface area contributed by atoms with E-state index < -0.39 is 0 Å². The Labute approximate surface area is 124 Å². The summed E-state index contributed by atoms with van der Waals surface area (Å²) in [7, 11) is 1.71. The van der Waals surface area contributed by atoms with E-state index in [0.29, 0.717) is 12.1 Å². The molecular formula is C15H23BrN2O. The minimum Gasteiger partial charge on any atom is -0.495 e. The summed E-state index contributed by atoms with van der Waals surface area (Å²) >= 11 is 3.51. The fourth-order valence-electron chi connectivity index (χ4n) is 2.66. The third kappa shape index (κ3) is 3.42. The van der Waals surface area contributed by atoms with E-state index in [0.717, 1.165) is 23.3 Å². The number of benzene rings is 1. The Balaban J connectivity index is 2.18. The quantitative estimate of drug-likeness (QED) is 0.917. The minimum absolute atomic E-state index is 0.513. The second-order valence-corrected chi connectivity index (χ2v) is 6.07. The van der Waals surface area contributed by atoms with Gasteiger partial charge in [0.1, 0.15) is 5.75 Å². The highest BCUT2D eigenvalue weighted by Crippen LogP contribution is 2.31. The SMILES string of the molecule is CCCC1CN(c2ccc(Br)c(OC)c2)C(C)CN1. The van der Waals surface area contributed by atoms with Gasteiger partial charge < -0.3 is 15.0 Å². The van der Waals surface area contributed by atoms with Gasteiger partial charge in [-0.25, -0.2) is 0 Å². The van der Waals surface area contributed by atoms with E-state index in [4.69, 9.17) is 4.74 Å². The van der Waals surface area contributed by atoms with Gasteiger partial charge >= 0.3 is 0 Å². The second kappa shape index (κ2) is 6.62. The van der Waals surface area contributed by atoms with Crippen LogP contribution in [0.4, 0.5) is 5.69 Å². The van der Waals surface area contributed by atoms with Crippen molar-refractivity contribution in [2.45, 2.75) is 38.8 Å². The third-order valence-electron chi connectivity index (χ3n) is 3.75. The van der Waals surface area contributed by atoms with Crippen LogP contribution in [0, 0.1) is 0 Å². The van der Waals surface area contributed by atoms with E-state index in [9.17, 15) is 0 Å². The number of nitrogens with zero attached hydrogens (tertiary/aromatic N) is 1. The van der Waals surface area contributed by atoms with Gasteiger partial charge in [0.2, 0.25) is 0 Å². The van der Waals surface area contributed by atoms with Crippen LogP contribution in [0.2, 0.25) is 0 Å². The van der Waals surface area contributed by atoms with Gasteiger partial charge in [0, 0.05) is 36.9 Å². The summed E-state index contributed by atoms with van der Waals surface area (Å²) in [5.74, 6) is 0.898. The highest BCUT2D eigenvalue weighted by atomic mass is 79.9. The number of anilines is 1. The van der Waals surface area contributed by atoms with E-state index in [1.807, 2.05) is 0 Å². The molecule has 4 heteroatoms. The number of rotatable bonds is 4. The van der Waals surface area contributed by atoms with E-state index >= 15 is 0 Å². The molecule has 3 nitrogen and oxygen atoms in total. The molecule has 0 spiro atoms. The molecule has 1 heterocycles. The summed E-state index contributed by atoms with van der Waals surface area (Å²) in [5, 5.41) is 3.63. The summed E-state index contributed by atoms with van der Waals surface area (Å²) in [4.78, 5) is 2.48. The molecule has 0 aliphatic carbocycles. The van der Waals surface area contributed by atoms with E-state index in [1.165, 1.54) is 18.5 Å². The molecule has 2 atom stereocenters. The summed E-state index contributed by atoms with van der Waals surface area (Å²) < 4.78 is 6.40. The second-order valence-electron chi connectivity index (χ2n) is 5.21. The van der Waals surface area contributed by atoms with Crippen LogP contribution >= 0.6 is 15.9 Å². The maximum Gasteiger partial charge on any atom is 0.135 e. The Kier molecular flexibility index (Phi) is 5.11. The van der Waals surface area contributed by atoms with Crippen molar-refractivity contribution in [3.63, 3.8) is 0 Å². The third-order valence-corrected chi connectivity index (χ3v) is 4.41. The predicted octanol–water partition coefficient (Wildman–Crippen LogP) is 3.42. The van der Waals surface area contributed by atoms with Crippen molar-refractivity contribution >= 4 is 21.6 Å². The summed E-state index contributed by atoms with van der Waals surface area (Å²) in [6.07, 6.45) is 2.46. The van der Waals surface area contributed by atoms with Gasteiger partial charge in [-0.05, 0) is 41.4 Å². The summed E-state index contributed by atoms with van der Waals surface area (Å²) in [6.45, 7) is 6.62. The van der Waals surface area contributed by atoms with Gasteiger partial charge in [-0.2, -0.15) is 0 Å². The highest BCUT2D eigenvalue weighted by Gasteiger charge is 2.24. The average Bonchev–Trinajstić information content (AvgIpc) is 2.42. The van der Waals surface area contributed by atoms with Crippen molar-refractivity contribution in [1.29, 1.82) is 0 Å². The molecule has 1 N–H and O–H groups in total. The van der Waals surface area contributed by atoms with Gasteiger partial charge in [-0.3, -0.25) is 0 Å². The van der Waals surface area contributed by atoms with Crippen molar-refractivity contribution in [3.8, 4) is 5.75 Å². The summed E-state index contributed by atoms with van der Waals surface area (Å²) in [6, 6.07) is 7.46. The van der Waals surface area contributed by atoms with Crippen molar-refractivity contribution < 1.29 is 4.74 Å². The van der Waals surface area contributed by atoms with Gasteiger partial charge in [-0.15, -0.1) is 0 Å². The molecule has 2 unspecified atom stereocenters. The fourth-order valence-corrected chi connectivity index (χ4v) is 3.07. The van der Waals surface area contributed by atoms with E-state index in [2.05, 4.69) is 58.2 Å². The zero-order valence-electron chi connectivity index (χ0n) is 11.9. The maximum absolute atomic E-state index is 5.40. The van der Waals surface area contributed by atoms with Crippen LogP contribution in [0.25, 0.3) is 0 Å².